The molecular weight excluding hydrogens is 278 g/mol. The van der Waals surface area contributed by atoms with Crippen LogP contribution >= 0.6 is 0 Å². The second-order valence-electron chi connectivity index (χ2n) is 6.24. The van der Waals surface area contributed by atoms with Crippen molar-refractivity contribution in [1.82, 2.24) is 0 Å². The largest absolute Gasteiger partial charge is 0.398 e. The van der Waals surface area contributed by atoms with Gasteiger partial charge in [-0.2, -0.15) is 0 Å². The maximum absolute atomic E-state index is 8.36. The quantitative estimate of drug-likeness (QED) is 0.586. The lowest BCUT2D eigenvalue weighted by atomic mass is 9.82. The Balaban J connectivity index is 2.56. The second-order valence-corrected chi connectivity index (χ2v) is 6.24. The molecule has 0 amide bonds. The minimum Gasteiger partial charge on any atom is -0.398 e. The van der Waals surface area contributed by atoms with E-state index in [9.17, 15) is 0 Å². The van der Waals surface area contributed by atoms with Crippen molar-refractivity contribution in [2.24, 2.45) is 0 Å². The van der Waals surface area contributed by atoms with Gasteiger partial charge in [-0.15, -0.1) is 0 Å². The van der Waals surface area contributed by atoms with Crippen molar-refractivity contribution >= 4 is 5.69 Å². The molecule has 2 N–H and O–H groups in total. The standard InChI is InChI=1S/C22H23N/c1-22(2,3)18-14-19(16-10-6-4-7-11-16)21(23)20(15-18)17-12-8-5-9-13-17/h4-15H,23H2,1-3H3/i4D,5D,6D,7D,8D,9D,10D,11D,12D,13D. The molecule has 0 radical (unpaired) electrons. The zero-order valence-electron chi connectivity index (χ0n) is 23.2. The van der Waals surface area contributed by atoms with Gasteiger partial charge in [0.15, 0.2) is 0 Å². The third-order valence-electron chi connectivity index (χ3n) is 3.58. The maximum atomic E-state index is 8.36. The van der Waals surface area contributed by atoms with Crippen molar-refractivity contribution in [2.75, 3.05) is 5.73 Å². The summed E-state index contributed by atoms with van der Waals surface area (Å²) in [6, 6.07) is -1.65. The topological polar surface area (TPSA) is 26.0 Å². The fraction of sp³-hybridized carbons (Fsp3) is 0.182. The number of hydrogen-bond donors (Lipinski definition) is 1. The normalized spacial score (nSPS) is 17.5. The van der Waals surface area contributed by atoms with E-state index in [0.717, 1.165) is 0 Å². The minimum absolute atomic E-state index is 0.0416. The Morgan fingerprint density at radius 3 is 1.48 bits per heavy atom. The summed E-state index contributed by atoms with van der Waals surface area (Å²) in [5.41, 5.74) is 6.62. The van der Waals surface area contributed by atoms with E-state index < -0.39 is 65.8 Å². The molecular formula is C22H23N. The first-order chi connectivity index (χ1) is 15.1. The van der Waals surface area contributed by atoms with E-state index in [1.54, 1.807) is 12.1 Å². The summed E-state index contributed by atoms with van der Waals surface area (Å²) < 4.78 is 81.2. The zero-order valence-corrected chi connectivity index (χ0v) is 13.2. The molecule has 0 aromatic heterocycles. The third kappa shape index (κ3) is 3.14. The van der Waals surface area contributed by atoms with Gasteiger partial charge in [-0.1, -0.05) is 81.2 Å². The van der Waals surface area contributed by atoms with E-state index in [2.05, 4.69) is 0 Å². The molecule has 0 unspecified atom stereocenters. The lowest BCUT2D eigenvalue weighted by molar-refractivity contribution is 0.591. The van der Waals surface area contributed by atoms with Crippen LogP contribution in [-0.2, 0) is 5.41 Å². The molecule has 23 heavy (non-hydrogen) atoms. The first kappa shape index (κ1) is 7.35. The van der Waals surface area contributed by atoms with Crippen LogP contribution in [0.3, 0.4) is 0 Å². The maximum Gasteiger partial charge on any atom is 0.0629 e. The van der Waals surface area contributed by atoms with Crippen molar-refractivity contribution in [3.05, 3.63) is 78.1 Å². The van der Waals surface area contributed by atoms with Gasteiger partial charge in [0.25, 0.3) is 0 Å². The van der Waals surface area contributed by atoms with Gasteiger partial charge >= 0.3 is 0 Å². The molecule has 0 aliphatic heterocycles. The first-order valence-electron chi connectivity index (χ1n) is 12.2. The Labute approximate surface area is 152 Å². The first-order valence-corrected chi connectivity index (χ1v) is 7.19. The van der Waals surface area contributed by atoms with Gasteiger partial charge in [-0.25, -0.2) is 0 Å². The summed E-state index contributed by atoms with van der Waals surface area (Å²) in [5.74, 6) is 0. The number of hydrogen-bond acceptors (Lipinski definition) is 1. The minimum atomic E-state index is -0.537. The molecule has 0 bridgehead atoms. The van der Waals surface area contributed by atoms with Crippen LogP contribution in [0.5, 0.6) is 0 Å². The molecule has 116 valence electrons. The molecule has 3 rings (SSSR count). The Morgan fingerprint density at radius 2 is 1.13 bits per heavy atom. The third-order valence-corrected chi connectivity index (χ3v) is 3.58. The molecule has 1 nitrogen and oxygen atoms in total. The SMILES string of the molecule is [2H]c1c([2H])c([2H])c(-c2cc(C(C)(C)C)cc(-c3c([2H])c([2H])c([2H])c([2H])c3[2H])c2N)c([2H])c1[2H]. The van der Waals surface area contributed by atoms with Crippen molar-refractivity contribution in [3.8, 4) is 22.3 Å². The van der Waals surface area contributed by atoms with Crippen molar-refractivity contribution in [1.29, 1.82) is 0 Å². The Bertz CT molecular complexity index is 1160. The number of rotatable bonds is 2. The van der Waals surface area contributed by atoms with Gasteiger partial charge in [-0.05, 0) is 34.2 Å². The molecule has 0 atom stereocenters. The number of nitrogens with two attached hydrogens (primary N) is 1. The van der Waals surface area contributed by atoms with Gasteiger partial charge in [0.2, 0.25) is 0 Å². The highest BCUT2D eigenvalue weighted by atomic mass is 14.6. The Morgan fingerprint density at radius 1 is 0.739 bits per heavy atom. The monoisotopic (exact) mass is 311 g/mol. The highest BCUT2D eigenvalue weighted by Crippen LogP contribution is 2.39. The van der Waals surface area contributed by atoms with Crippen LogP contribution in [0.4, 0.5) is 5.69 Å². The van der Waals surface area contributed by atoms with Crippen LogP contribution in [0.2, 0.25) is 0 Å². The van der Waals surface area contributed by atoms with E-state index in [1.807, 2.05) is 20.8 Å². The summed E-state index contributed by atoms with van der Waals surface area (Å²) in [6.07, 6.45) is 0. The van der Waals surface area contributed by atoms with E-state index in [4.69, 9.17) is 19.4 Å². The van der Waals surface area contributed by atoms with Crippen molar-refractivity contribution < 1.29 is 13.7 Å². The molecule has 0 heterocycles. The van der Waals surface area contributed by atoms with Crippen molar-refractivity contribution in [3.63, 3.8) is 0 Å². The van der Waals surface area contributed by atoms with Gasteiger partial charge in [0, 0.05) is 16.8 Å². The molecule has 3 aromatic rings. The average molecular weight is 311 g/mol. The van der Waals surface area contributed by atoms with E-state index in [-0.39, 0.29) is 27.9 Å². The lowest BCUT2D eigenvalue weighted by Crippen LogP contribution is -2.12. The van der Waals surface area contributed by atoms with Crippen LogP contribution in [-0.4, -0.2) is 0 Å². The smallest absolute Gasteiger partial charge is 0.0629 e. The van der Waals surface area contributed by atoms with Crippen LogP contribution in [0, 0.1) is 0 Å². The summed E-state index contributed by atoms with van der Waals surface area (Å²) in [4.78, 5) is 0. The van der Waals surface area contributed by atoms with Gasteiger partial charge < -0.3 is 5.73 Å². The van der Waals surface area contributed by atoms with Crippen LogP contribution in [0.25, 0.3) is 22.3 Å². The Kier molecular flexibility index (Phi) is 1.89. The molecule has 0 aliphatic carbocycles. The molecule has 0 saturated carbocycles. The highest BCUT2D eigenvalue weighted by molar-refractivity contribution is 5.89. The Hall–Kier alpha value is -2.54. The molecule has 3 aromatic carbocycles. The van der Waals surface area contributed by atoms with E-state index in [0.29, 0.717) is 5.56 Å². The van der Waals surface area contributed by atoms with Gasteiger partial charge in [0.05, 0.1) is 13.7 Å². The molecule has 0 saturated heterocycles. The average Bonchev–Trinajstić information content (AvgIpc) is 2.75. The number of benzene rings is 3. The zero-order chi connectivity index (χ0) is 25.2. The second kappa shape index (κ2) is 5.92. The highest BCUT2D eigenvalue weighted by Gasteiger charge is 2.19. The summed E-state index contributed by atoms with van der Waals surface area (Å²) >= 11 is 0. The summed E-state index contributed by atoms with van der Waals surface area (Å²) in [7, 11) is 0. The van der Waals surface area contributed by atoms with E-state index in [1.165, 1.54) is 0 Å². The van der Waals surface area contributed by atoms with Crippen LogP contribution in [0.15, 0.2) is 72.6 Å². The van der Waals surface area contributed by atoms with E-state index >= 15 is 0 Å². The fourth-order valence-electron chi connectivity index (χ4n) is 2.27. The molecule has 0 fully saturated rings. The fourth-order valence-corrected chi connectivity index (χ4v) is 2.27. The predicted octanol–water partition coefficient (Wildman–Crippen LogP) is 5.90. The lowest BCUT2D eigenvalue weighted by Gasteiger charge is -2.23. The molecule has 0 aliphatic rings. The predicted molar refractivity (Wildman–Crippen MR) is 100 cm³/mol. The molecule has 1 heteroatoms. The van der Waals surface area contributed by atoms with Gasteiger partial charge in [0.1, 0.15) is 0 Å². The van der Waals surface area contributed by atoms with Gasteiger partial charge in [-0.3, -0.25) is 0 Å². The number of nitrogen functional groups attached to an aromatic ring is 1. The van der Waals surface area contributed by atoms with Crippen LogP contribution in [0.1, 0.15) is 40.0 Å². The molecule has 0 spiro atoms. The number of anilines is 1. The summed E-state index contributed by atoms with van der Waals surface area (Å²) in [5, 5.41) is 0. The van der Waals surface area contributed by atoms with Crippen molar-refractivity contribution in [2.45, 2.75) is 26.2 Å². The van der Waals surface area contributed by atoms with Crippen LogP contribution < -0.4 is 5.73 Å². The summed E-state index contributed by atoms with van der Waals surface area (Å²) in [6.45, 7) is 5.70.